The fraction of sp³-hybridized carbons (Fsp3) is 0.368. The summed E-state index contributed by atoms with van der Waals surface area (Å²) in [6, 6.07) is 10.1. The minimum absolute atomic E-state index is 0.00906. The maximum atomic E-state index is 12.6. The number of nitrogens with zero attached hydrogens (tertiary/aromatic N) is 3. The molecule has 1 aliphatic rings. The van der Waals surface area contributed by atoms with Gasteiger partial charge in [0.1, 0.15) is 0 Å². The standard InChI is InChI=1S/C19H23N3O2/c1-21(2)18-5-3-15(4-6-18)16-9-17(11-20-10-16)19(24)22-8-7-14(12-22)13-23/h3-6,9-11,14,23H,7-8,12-13H2,1-2H3. The fourth-order valence-corrected chi connectivity index (χ4v) is 3.02. The van der Waals surface area contributed by atoms with E-state index in [1.165, 1.54) is 0 Å². The van der Waals surface area contributed by atoms with Crippen LogP contribution in [0.5, 0.6) is 0 Å². The molecule has 3 rings (SSSR count). The van der Waals surface area contributed by atoms with Gasteiger partial charge >= 0.3 is 0 Å². The smallest absolute Gasteiger partial charge is 0.255 e. The number of pyridine rings is 1. The average Bonchev–Trinajstić information content (AvgIpc) is 3.10. The number of carbonyl (C=O) groups is 1. The quantitative estimate of drug-likeness (QED) is 0.937. The second kappa shape index (κ2) is 7.01. The number of hydrogen-bond acceptors (Lipinski definition) is 4. The molecule has 1 aromatic carbocycles. The van der Waals surface area contributed by atoms with Gasteiger partial charge in [0, 0.05) is 63.4 Å². The minimum Gasteiger partial charge on any atom is -0.396 e. The highest BCUT2D eigenvalue weighted by atomic mass is 16.3. The molecule has 1 aliphatic heterocycles. The number of aliphatic hydroxyl groups is 1. The number of anilines is 1. The zero-order chi connectivity index (χ0) is 17.1. The number of likely N-dealkylation sites (tertiary alicyclic amines) is 1. The zero-order valence-corrected chi connectivity index (χ0v) is 14.1. The lowest BCUT2D eigenvalue weighted by atomic mass is 10.1. The Morgan fingerprint density at radius 1 is 1.25 bits per heavy atom. The first-order valence-electron chi connectivity index (χ1n) is 8.21. The topological polar surface area (TPSA) is 56.7 Å². The molecule has 2 aromatic rings. The highest BCUT2D eigenvalue weighted by Gasteiger charge is 2.26. The Morgan fingerprint density at radius 2 is 2.00 bits per heavy atom. The van der Waals surface area contributed by atoms with Crippen molar-refractivity contribution in [3.63, 3.8) is 0 Å². The molecule has 1 aromatic heterocycles. The molecule has 0 bridgehead atoms. The Bertz CT molecular complexity index is 713. The Kier molecular flexibility index (Phi) is 4.81. The van der Waals surface area contributed by atoms with E-state index in [1.54, 1.807) is 17.3 Å². The summed E-state index contributed by atoms with van der Waals surface area (Å²) in [6.07, 6.45) is 4.26. The number of benzene rings is 1. The van der Waals surface area contributed by atoms with Crippen molar-refractivity contribution in [1.29, 1.82) is 0 Å². The Hall–Kier alpha value is -2.40. The molecule has 1 atom stereocenters. The molecule has 1 N–H and O–H groups in total. The molecular weight excluding hydrogens is 302 g/mol. The monoisotopic (exact) mass is 325 g/mol. The van der Waals surface area contributed by atoms with Crippen LogP contribution in [0.25, 0.3) is 11.1 Å². The third-order valence-corrected chi connectivity index (χ3v) is 4.53. The molecule has 126 valence electrons. The molecule has 1 unspecified atom stereocenters. The molecule has 0 saturated carbocycles. The van der Waals surface area contributed by atoms with Crippen molar-refractivity contribution in [2.75, 3.05) is 38.7 Å². The van der Waals surface area contributed by atoms with Gasteiger partial charge in [-0.05, 0) is 30.2 Å². The number of rotatable bonds is 4. The van der Waals surface area contributed by atoms with Gasteiger partial charge in [-0.1, -0.05) is 12.1 Å². The van der Waals surface area contributed by atoms with Crippen molar-refractivity contribution in [3.05, 3.63) is 48.3 Å². The minimum atomic E-state index is -0.00906. The van der Waals surface area contributed by atoms with E-state index in [-0.39, 0.29) is 18.4 Å². The zero-order valence-electron chi connectivity index (χ0n) is 14.1. The van der Waals surface area contributed by atoms with Crippen molar-refractivity contribution in [1.82, 2.24) is 9.88 Å². The van der Waals surface area contributed by atoms with Gasteiger partial charge in [0.05, 0.1) is 5.56 Å². The van der Waals surface area contributed by atoms with Gasteiger partial charge in [-0.2, -0.15) is 0 Å². The molecule has 2 heterocycles. The fourth-order valence-electron chi connectivity index (χ4n) is 3.02. The van der Waals surface area contributed by atoms with Crippen LogP contribution in [-0.4, -0.2) is 54.7 Å². The normalized spacial score (nSPS) is 17.1. The number of carbonyl (C=O) groups excluding carboxylic acids is 1. The van der Waals surface area contributed by atoms with E-state index in [9.17, 15) is 9.90 Å². The third kappa shape index (κ3) is 3.41. The van der Waals surface area contributed by atoms with E-state index in [0.717, 1.165) is 23.2 Å². The Balaban J connectivity index is 1.80. The van der Waals surface area contributed by atoms with E-state index >= 15 is 0 Å². The van der Waals surface area contributed by atoms with Gasteiger partial charge in [-0.25, -0.2) is 0 Å². The van der Waals surface area contributed by atoms with E-state index in [1.807, 2.05) is 37.2 Å². The largest absolute Gasteiger partial charge is 0.396 e. The van der Waals surface area contributed by atoms with Crippen LogP contribution in [-0.2, 0) is 0 Å². The molecule has 5 nitrogen and oxygen atoms in total. The predicted molar refractivity (Wildman–Crippen MR) is 95.1 cm³/mol. The van der Waals surface area contributed by atoms with Crippen LogP contribution in [0, 0.1) is 5.92 Å². The summed E-state index contributed by atoms with van der Waals surface area (Å²) in [5.74, 6) is 0.189. The van der Waals surface area contributed by atoms with Crippen LogP contribution in [0.2, 0.25) is 0 Å². The van der Waals surface area contributed by atoms with Crippen LogP contribution in [0.4, 0.5) is 5.69 Å². The van der Waals surface area contributed by atoms with Gasteiger partial charge in [0.2, 0.25) is 0 Å². The first-order valence-corrected chi connectivity index (χ1v) is 8.21. The van der Waals surface area contributed by atoms with Gasteiger partial charge in [-0.3, -0.25) is 9.78 Å². The Labute approximate surface area is 142 Å². The number of aromatic nitrogens is 1. The number of aliphatic hydroxyl groups excluding tert-OH is 1. The van der Waals surface area contributed by atoms with Crippen molar-refractivity contribution < 1.29 is 9.90 Å². The molecule has 1 saturated heterocycles. The van der Waals surface area contributed by atoms with Crippen LogP contribution in [0.15, 0.2) is 42.7 Å². The van der Waals surface area contributed by atoms with Crippen LogP contribution < -0.4 is 4.90 Å². The van der Waals surface area contributed by atoms with Crippen molar-refractivity contribution in [2.24, 2.45) is 5.92 Å². The summed E-state index contributed by atoms with van der Waals surface area (Å²) in [5.41, 5.74) is 3.70. The van der Waals surface area contributed by atoms with E-state index in [4.69, 9.17) is 0 Å². The highest BCUT2D eigenvalue weighted by Crippen LogP contribution is 2.24. The highest BCUT2D eigenvalue weighted by molar-refractivity contribution is 5.95. The molecule has 1 fully saturated rings. The first-order chi connectivity index (χ1) is 11.6. The molecule has 1 amide bonds. The van der Waals surface area contributed by atoms with Crippen molar-refractivity contribution >= 4 is 11.6 Å². The second-order valence-corrected chi connectivity index (χ2v) is 6.49. The SMILES string of the molecule is CN(C)c1ccc(-c2cncc(C(=O)N3CCC(CO)C3)c2)cc1. The summed E-state index contributed by atoms with van der Waals surface area (Å²) < 4.78 is 0. The molecule has 0 radical (unpaired) electrons. The maximum Gasteiger partial charge on any atom is 0.255 e. The summed E-state index contributed by atoms with van der Waals surface area (Å²) in [4.78, 5) is 20.7. The molecule has 5 heteroatoms. The van der Waals surface area contributed by atoms with Crippen LogP contribution in [0.1, 0.15) is 16.8 Å². The van der Waals surface area contributed by atoms with Gasteiger partial charge < -0.3 is 14.9 Å². The Morgan fingerprint density at radius 3 is 2.62 bits per heavy atom. The van der Waals surface area contributed by atoms with Crippen molar-refractivity contribution in [2.45, 2.75) is 6.42 Å². The lowest BCUT2D eigenvalue weighted by molar-refractivity contribution is 0.0781. The summed E-state index contributed by atoms with van der Waals surface area (Å²) in [6.45, 7) is 1.46. The van der Waals surface area contributed by atoms with Gasteiger partial charge in [0.25, 0.3) is 5.91 Å². The molecule has 0 spiro atoms. The van der Waals surface area contributed by atoms with E-state index < -0.39 is 0 Å². The lowest BCUT2D eigenvalue weighted by Gasteiger charge is -2.16. The van der Waals surface area contributed by atoms with Crippen LogP contribution in [0.3, 0.4) is 0 Å². The van der Waals surface area contributed by atoms with E-state index in [2.05, 4.69) is 17.1 Å². The predicted octanol–water partition coefficient (Wildman–Crippen LogP) is 2.27. The number of amides is 1. The first kappa shape index (κ1) is 16.5. The van der Waals surface area contributed by atoms with Gasteiger partial charge in [0.15, 0.2) is 0 Å². The lowest BCUT2D eigenvalue weighted by Crippen LogP contribution is -2.29. The summed E-state index contributed by atoms with van der Waals surface area (Å²) in [5, 5.41) is 9.24. The summed E-state index contributed by atoms with van der Waals surface area (Å²) in [7, 11) is 4.01. The van der Waals surface area contributed by atoms with Crippen LogP contribution >= 0.6 is 0 Å². The summed E-state index contributed by atoms with van der Waals surface area (Å²) >= 11 is 0. The van der Waals surface area contributed by atoms with E-state index in [0.29, 0.717) is 18.7 Å². The molecular formula is C19H23N3O2. The molecule has 0 aliphatic carbocycles. The average molecular weight is 325 g/mol. The third-order valence-electron chi connectivity index (χ3n) is 4.53. The second-order valence-electron chi connectivity index (χ2n) is 6.49. The van der Waals surface area contributed by atoms with Crippen molar-refractivity contribution in [3.8, 4) is 11.1 Å². The maximum absolute atomic E-state index is 12.6. The number of hydrogen-bond donors (Lipinski definition) is 1. The molecule has 24 heavy (non-hydrogen) atoms. The van der Waals surface area contributed by atoms with Gasteiger partial charge in [-0.15, -0.1) is 0 Å².